The number of hydrogen-bond donors (Lipinski definition) is 0. The van der Waals surface area contributed by atoms with Crippen molar-refractivity contribution in [2.24, 2.45) is 0 Å². The summed E-state index contributed by atoms with van der Waals surface area (Å²) in [6.45, 7) is 0.625. The second kappa shape index (κ2) is 6.98. The third-order valence-corrected chi connectivity index (χ3v) is 6.23. The van der Waals surface area contributed by atoms with Crippen LogP contribution in [0.4, 0.5) is 0 Å². The molecule has 0 N–H and O–H groups in total. The van der Waals surface area contributed by atoms with Crippen molar-refractivity contribution < 1.29 is 9.53 Å². The minimum absolute atomic E-state index is 0.0821. The molecule has 2 heterocycles. The zero-order chi connectivity index (χ0) is 17.2. The Hall–Kier alpha value is -2.18. The summed E-state index contributed by atoms with van der Waals surface area (Å²) in [6.07, 6.45) is 3.88. The van der Waals surface area contributed by atoms with Crippen molar-refractivity contribution >= 4 is 28.6 Å². The van der Waals surface area contributed by atoms with Gasteiger partial charge in [0.15, 0.2) is 0 Å². The normalized spacial score (nSPS) is 13.6. The van der Waals surface area contributed by atoms with E-state index >= 15 is 0 Å². The maximum atomic E-state index is 13.0. The van der Waals surface area contributed by atoms with Crippen LogP contribution in [0.1, 0.15) is 28.1 Å². The Morgan fingerprint density at radius 3 is 2.72 bits per heavy atom. The standard InChI is InChI=1S/C19H18N2O2S2/c1-23-15-8-4-13(5-9-15)12-21(14-6-7-14)19(22)17-11-20-18(25-17)16-3-2-10-24-16/h2-5,8-11,14H,6-7,12H2,1H3. The summed E-state index contributed by atoms with van der Waals surface area (Å²) in [5, 5.41) is 2.94. The Labute approximate surface area is 154 Å². The van der Waals surface area contributed by atoms with Crippen LogP contribution in [0.5, 0.6) is 5.75 Å². The molecule has 0 radical (unpaired) electrons. The van der Waals surface area contributed by atoms with Gasteiger partial charge in [0.25, 0.3) is 5.91 Å². The van der Waals surface area contributed by atoms with Gasteiger partial charge < -0.3 is 9.64 Å². The van der Waals surface area contributed by atoms with Crippen molar-refractivity contribution in [3.05, 3.63) is 58.4 Å². The summed E-state index contributed by atoms with van der Waals surface area (Å²) in [5.41, 5.74) is 1.11. The summed E-state index contributed by atoms with van der Waals surface area (Å²) < 4.78 is 5.20. The van der Waals surface area contributed by atoms with Gasteiger partial charge in [-0.25, -0.2) is 4.98 Å². The average molecular weight is 370 g/mol. The zero-order valence-corrected chi connectivity index (χ0v) is 15.5. The second-order valence-corrected chi connectivity index (χ2v) is 8.00. The predicted octanol–water partition coefficient (Wildman–Crippen LogP) is 4.69. The number of hydrogen-bond acceptors (Lipinski definition) is 5. The fourth-order valence-electron chi connectivity index (χ4n) is 2.71. The number of thiophene rings is 1. The highest BCUT2D eigenvalue weighted by molar-refractivity contribution is 7.21. The number of carbonyl (C=O) groups is 1. The minimum Gasteiger partial charge on any atom is -0.497 e. The molecule has 0 aliphatic heterocycles. The van der Waals surface area contributed by atoms with E-state index in [-0.39, 0.29) is 5.91 Å². The Morgan fingerprint density at radius 2 is 2.08 bits per heavy atom. The van der Waals surface area contributed by atoms with Gasteiger partial charge in [0.1, 0.15) is 15.6 Å². The molecule has 3 aromatic rings. The highest BCUT2D eigenvalue weighted by Gasteiger charge is 2.34. The number of ether oxygens (including phenoxy) is 1. The maximum Gasteiger partial charge on any atom is 0.266 e. The molecule has 25 heavy (non-hydrogen) atoms. The lowest BCUT2D eigenvalue weighted by Crippen LogP contribution is -2.32. The molecule has 0 unspecified atom stereocenters. The Bertz CT molecular complexity index is 852. The van der Waals surface area contributed by atoms with E-state index in [2.05, 4.69) is 4.98 Å². The molecule has 1 aromatic carbocycles. The number of aromatic nitrogens is 1. The highest BCUT2D eigenvalue weighted by Crippen LogP contribution is 2.33. The van der Waals surface area contributed by atoms with Gasteiger partial charge in [-0.3, -0.25) is 4.79 Å². The molecule has 4 rings (SSSR count). The SMILES string of the molecule is COc1ccc(CN(C(=O)c2cnc(-c3cccs3)s2)C2CC2)cc1. The number of benzene rings is 1. The van der Waals surface area contributed by atoms with Crippen LogP contribution in [-0.2, 0) is 6.54 Å². The van der Waals surface area contributed by atoms with Gasteiger partial charge in [0.2, 0.25) is 0 Å². The van der Waals surface area contributed by atoms with Crippen LogP contribution in [0.2, 0.25) is 0 Å². The third-order valence-electron chi connectivity index (χ3n) is 4.21. The van der Waals surface area contributed by atoms with Crippen molar-refractivity contribution in [3.63, 3.8) is 0 Å². The molecular weight excluding hydrogens is 352 g/mol. The van der Waals surface area contributed by atoms with Gasteiger partial charge in [0, 0.05) is 12.6 Å². The van der Waals surface area contributed by atoms with E-state index in [1.54, 1.807) is 24.6 Å². The first-order valence-electron chi connectivity index (χ1n) is 8.18. The largest absolute Gasteiger partial charge is 0.497 e. The molecule has 128 valence electrons. The topological polar surface area (TPSA) is 42.4 Å². The summed E-state index contributed by atoms with van der Waals surface area (Å²) in [6, 6.07) is 12.3. The molecule has 1 fully saturated rings. The van der Waals surface area contributed by atoms with Gasteiger partial charge in [-0.2, -0.15) is 0 Å². The first kappa shape index (κ1) is 16.3. The van der Waals surface area contributed by atoms with Gasteiger partial charge in [-0.15, -0.1) is 22.7 Å². The zero-order valence-electron chi connectivity index (χ0n) is 13.8. The lowest BCUT2D eigenvalue weighted by molar-refractivity contribution is 0.0734. The Kier molecular flexibility index (Phi) is 4.55. The van der Waals surface area contributed by atoms with E-state index < -0.39 is 0 Å². The summed E-state index contributed by atoms with van der Waals surface area (Å²) in [5.74, 6) is 0.912. The van der Waals surface area contributed by atoms with Crippen LogP contribution in [0.25, 0.3) is 9.88 Å². The van der Waals surface area contributed by atoms with Crippen LogP contribution in [0, 0.1) is 0 Å². The fourth-order valence-corrected chi connectivity index (χ4v) is 4.39. The van der Waals surface area contributed by atoms with E-state index in [0.29, 0.717) is 17.5 Å². The molecule has 1 saturated carbocycles. The van der Waals surface area contributed by atoms with Crippen LogP contribution >= 0.6 is 22.7 Å². The average Bonchev–Trinajstić information content (AvgIpc) is 3.13. The number of methoxy groups -OCH3 is 1. The number of rotatable bonds is 6. The number of nitrogens with zero attached hydrogens (tertiary/aromatic N) is 2. The van der Waals surface area contributed by atoms with Crippen LogP contribution < -0.4 is 4.74 Å². The fraction of sp³-hybridized carbons (Fsp3) is 0.263. The molecule has 0 spiro atoms. The maximum absolute atomic E-state index is 13.0. The molecule has 6 heteroatoms. The smallest absolute Gasteiger partial charge is 0.266 e. The monoisotopic (exact) mass is 370 g/mol. The second-order valence-electron chi connectivity index (χ2n) is 6.02. The summed E-state index contributed by atoms with van der Waals surface area (Å²) >= 11 is 3.12. The van der Waals surface area contributed by atoms with E-state index in [1.807, 2.05) is 46.7 Å². The molecule has 1 aliphatic rings. The van der Waals surface area contributed by atoms with Crippen molar-refractivity contribution in [3.8, 4) is 15.6 Å². The summed E-state index contributed by atoms with van der Waals surface area (Å²) in [7, 11) is 1.66. The van der Waals surface area contributed by atoms with E-state index in [9.17, 15) is 4.79 Å². The third kappa shape index (κ3) is 3.60. The van der Waals surface area contributed by atoms with Crippen molar-refractivity contribution in [2.45, 2.75) is 25.4 Å². The van der Waals surface area contributed by atoms with Crippen LogP contribution in [-0.4, -0.2) is 28.9 Å². The van der Waals surface area contributed by atoms with Crippen molar-refractivity contribution in [2.75, 3.05) is 7.11 Å². The summed E-state index contributed by atoms with van der Waals surface area (Å²) in [4.78, 5) is 21.2. The van der Waals surface area contributed by atoms with Gasteiger partial charge in [-0.1, -0.05) is 18.2 Å². The van der Waals surface area contributed by atoms with Crippen LogP contribution in [0.15, 0.2) is 48.0 Å². The molecule has 0 atom stereocenters. The Morgan fingerprint density at radius 1 is 1.28 bits per heavy atom. The van der Waals surface area contributed by atoms with Gasteiger partial charge in [-0.05, 0) is 42.0 Å². The van der Waals surface area contributed by atoms with Crippen LogP contribution in [0.3, 0.4) is 0 Å². The first-order chi connectivity index (χ1) is 12.2. The number of thiazole rings is 1. The number of amides is 1. The van der Waals surface area contributed by atoms with Crippen molar-refractivity contribution in [1.82, 2.24) is 9.88 Å². The predicted molar refractivity (Wildman–Crippen MR) is 101 cm³/mol. The molecule has 0 saturated heterocycles. The molecule has 2 aromatic heterocycles. The van der Waals surface area contributed by atoms with Gasteiger partial charge >= 0.3 is 0 Å². The van der Waals surface area contributed by atoms with E-state index in [1.165, 1.54) is 11.3 Å². The lowest BCUT2D eigenvalue weighted by Gasteiger charge is -2.21. The molecule has 4 nitrogen and oxygen atoms in total. The first-order valence-corrected chi connectivity index (χ1v) is 9.88. The Balaban J connectivity index is 1.53. The molecular formula is C19H18N2O2S2. The molecule has 0 bridgehead atoms. The number of carbonyl (C=O) groups excluding carboxylic acids is 1. The van der Waals surface area contributed by atoms with E-state index in [0.717, 1.165) is 34.0 Å². The quantitative estimate of drug-likeness (QED) is 0.632. The molecule has 1 aliphatic carbocycles. The van der Waals surface area contributed by atoms with Crippen molar-refractivity contribution in [1.29, 1.82) is 0 Å². The van der Waals surface area contributed by atoms with Gasteiger partial charge in [0.05, 0.1) is 18.2 Å². The molecule has 1 amide bonds. The highest BCUT2D eigenvalue weighted by atomic mass is 32.1. The minimum atomic E-state index is 0.0821. The lowest BCUT2D eigenvalue weighted by atomic mass is 10.2. The van der Waals surface area contributed by atoms with E-state index in [4.69, 9.17) is 4.74 Å².